The quantitative estimate of drug-likeness (QED) is 0.649. The van der Waals surface area contributed by atoms with Crippen molar-refractivity contribution in [2.24, 2.45) is 11.8 Å². The first kappa shape index (κ1) is 22.0. The third-order valence-electron chi connectivity index (χ3n) is 7.31. The van der Waals surface area contributed by atoms with Crippen LogP contribution in [0.25, 0.3) is 0 Å². The molecule has 32 heavy (non-hydrogen) atoms. The minimum absolute atomic E-state index is 0.0456. The molecule has 0 bridgehead atoms. The number of rotatable bonds is 4. The molecule has 0 spiro atoms. The maximum atomic E-state index is 13.1. The van der Waals surface area contributed by atoms with Crippen molar-refractivity contribution in [3.8, 4) is 0 Å². The van der Waals surface area contributed by atoms with Gasteiger partial charge in [0.2, 0.25) is 11.8 Å². The predicted octanol–water partition coefficient (Wildman–Crippen LogP) is 3.11. The number of aromatic nitrogens is 1. The Kier molecular flexibility index (Phi) is 6.35. The lowest BCUT2D eigenvalue weighted by molar-refractivity contribution is -0.140. The van der Waals surface area contributed by atoms with E-state index in [2.05, 4.69) is 10.6 Å². The summed E-state index contributed by atoms with van der Waals surface area (Å²) in [6.45, 7) is 2.86. The van der Waals surface area contributed by atoms with E-state index in [0.29, 0.717) is 34.0 Å². The summed E-state index contributed by atoms with van der Waals surface area (Å²) in [7, 11) is 0. The maximum absolute atomic E-state index is 13.1. The molecule has 1 saturated carbocycles. The number of carbonyl (C=O) groups excluding carboxylic acids is 3. The molecule has 1 aromatic rings. The van der Waals surface area contributed by atoms with Crippen LogP contribution in [0.4, 0.5) is 5.82 Å². The second-order valence-corrected chi connectivity index (χ2v) is 11.0. The Balaban J connectivity index is 1.35. The SMILES string of the molecule is O=C(NCC1CCCO1)c1sc(=S)n2c1NC(=O)C1CCC(C(=O)N3CCCCC3)CC12. The van der Waals surface area contributed by atoms with Crippen molar-refractivity contribution in [2.75, 3.05) is 31.6 Å². The first-order valence-electron chi connectivity index (χ1n) is 11.8. The van der Waals surface area contributed by atoms with Crippen molar-refractivity contribution in [2.45, 2.75) is 63.5 Å². The largest absolute Gasteiger partial charge is 0.376 e. The van der Waals surface area contributed by atoms with Crippen LogP contribution in [0.3, 0.4) is 0 Å². The zero-order valence-electron chi connectivity index (χ0n) is 18.1. The summed E-state index contributed by atoms with van der Waals surface area (Å²) in [6.07, 6.45) is 7.31. The molecular formula is C22H30N4O4S2. The molecule has 2 N–H and O–H groups in total. The van der Waals surface area contributed by atoms with Crippen LogP contribution in [0.15, 0.2) is 0 Å². The van der Waals surface area contributed by atoms with E-state index in [9.17, 15) is 14.4 Å². The van der Waals surface area contributed by atoms with E-state index >= 15 is 0 Å². The van der Waals surface area contributed by atoms with Gasteiger partial charge in [-0.25, -0.2) is 0 Å². The molecule has 4 atom stereocenters. The fourth-order valence-electron chi connectivity index (χ4n) is 5.59. The molecule has 0 radical (unpaired) electrons. The standard InChI is InChI=1S/C22H30N4O4S2/c27-19-15-7-6-13(21(29)25-8-2-1-3-9-25)11-16(15)26-18(24-19)17(32-22(26)31)20(28)23-12-14-5-4-10-30-14/h13-16H,1-12H2,(H,23,28)(H,24,27). The molecule has 1 aromatic heterocycles. The highest BCUT2D eigenvalue weighted by atomic mass is 32.1. The minimum atomic E-state index is -0.235. The van der Waals surface area contributed by atoms with Gasteiger partial charge in [-0.2, -0.15) is 0 Å². The van der Waals surface area contributed by atoms with Crippen molar-refractivity contribution in [1.82, 2.24) is 14.8 Å². The van der Waals surface area contributed by atoms with Crippen LogP contribution in [-0.2, 0) is 14.3 Å². The number of hydrogen-bond acceptors (Lipinski definition) is 6. The molecule has 0 aromatic carbocycles. The summed E-state index contributed by atoms with van der Waals surface area (Å²) in [4.78, 5) is 41.4. The molecule has 8 nitrogen and oxygen atoms in total. The van der Waals surface area contributed by atoms with Gasteiger partial charge in [0.15, 0.2) is 3.95 Å². The molecule has 3 fully saturated rings. The molecule has 4 aliphatic rings. The second-order valence-electron chi connectivity index (χ2n) is 9.32. The predicted molar refractivity (Wildman–Crippen MR) is 123 cm³/mol. The average molecular weight is 479 g/mol. The smallest absolute Gasteiger partial charge is 0.265 e. The first-order chi connectivity index (χ1) is 15.5. The zero-order chi connectivity index (χ0) is 22.2. The lowest BCUT2D eigenvalue weighted by Gasteiger charge is -2.41. The molecule has 4 heterocycles. The number of amides is 3. The van der Waals surface area contributed by atoms with Gasteiger partial charge >= 0.3 is 0 Å². The van der Waals surface area contributed by atoms with E-state index < -0.39 is 0 Å². The van der Waals surface area contributed by atoms with Crippen molar-refractivity contribution in [3.05, 3.63) is 8.83 Å². The summed E-state index contributed by atoms with van der Waals surface area (Å²) >= 11 is 6.87. The molecule has 4 unspecified atom stereocenters. The number of carbonyl (C=O) groups is 3. The fraction of sp³-hybridized carbons (Fsp3) is 0.727. The van der Waals surface area contributed by atoms with Crippen LogP contribution in [0.1, 0.15) is 67.1 Å². The van der Waals surface area contributed by atoms with Gasteiger partial charge in [-0.1, -0.05) is 11.3 Å². The number of thiazole rings is 1. The van der Waals surface area contributed by atoms with Crippen LogP contribution in [0, 0.1) is 15.8 Å². The third kappa shape index (κ3) is 4.12. The Labute approximate surface area is 196 Å². The van der Waals surface area contributed by atoms with E-state index in [4.69, 9.17) is 17.0 Å². The van der Waals surface area contributed by atoms with Gasteiger partial charge in [0.25, 0.3) is 5.91 Å². The van der Waals surface area contributed by atoms with E-state index in [0.717, 1.165) is 51.8 Å². The van der Waals surface area contributed by atoms with Crippen molar-refractivity contribution >= 4 is 47.1 Å². The van der Waals surface area contributed by atoms with Gasteiger partial charge in [0.05, 0.1) is 12.0 Å². The highest BCUT2D eigenvalue weighted by molar-refractivity contribution is 7.73. The summed E-state index contributed by atoms with van der Waals surface area (Å²) in [5, 5.41) is 5.88. The number of anilines is 1. The van der Waals surface area contributed by atoms with E-state index in [1.165, 1.54) is 17.8 Å². The second kappa shape index (κ2) is 9.23. The van der Waals surface area contributed by atoms with E-state index in [-0.39, 0.29) is 41.7 Å². The van der Waals surface area contributed by atoms with Crippen molar-refractivity contribution < 1.29 is 19.1 Å². The number of hydrogen-bond donors (Lipinski definition) is 2. The number of ether oxygens (including phenoxy) is 1. The molecule has 2 saturated heterocycles. The summed E-state index contributed by atoms with van der Waals surface area (Å²) in [6, 6.07) is -0.172. The molecular weight excluding hydrogens is 448 g/mol. The van der Waals surface area contributed by atoms with Gasteiger partial charge in [-0.15, -0.1) is 0 Å². The van der Waals surface area contributed by atoms with E-state index in [1.54, 1.807) is 0 Å². The Hall–Kier alpha value is -1.78. The Morgan fingerprint density at radius 2 is 1.97 bits per heavy atom. The van der Waals surface area contributed by atoms with Gasteiger partial charge in [0, 0.05) is 38.2 Å². The molecule has 5 rings (SSSR count). The van der Waals surface area contributed by atoms with Crippen LogP contribution in [0.5, 0.6) is 0 Å². The molecule has 3 aliphatic heterocycles. The summed E-state index contributed by atoms with van der Waals surface area (Å²) in [5.41, 5.74) is 0. The monoisotopic (exact) mass is 478 g/mol. The highest BCUT2D eigenvalue weighted by Gasteiger charge is 2.44. The zero-order valence-corrected chi connectivity index (χ0v) is 19.8. The topological polar surface area (TPSA) is 92.7 Å². The number of piperidine rings is 1. The molecule has 1 aliphatic carbocycles. The lowest BCUT2D eigenvalue weighted by Crippen LogP contribution is -2.46. The van der Waals surface area contributed by atoms with Gasteiger partial charge < -0.3 is 24.8 Å². The Morgan fingerprint density at radius 1 is 1.16 bits per heavy atom. The normalized spacial score (nSPS) is 29.8. The third-order valence-corrected chi connectivity index (χ3v) is 8.71. The molecule has 174 valence electrons. The maximum Gasteiger partial charge on any atom is 0.265 e. The van der Waals surface area contributed by atoms with Crippen molar-refractivity contribution in [3.63, 3.8) is 0 Å². The Bertz CT molecular complexity index is 962. The van der Waals surface area contributed by atoms with Crippen LogP contribution in [-0.4, -0.2) is 59.5 Å². The minimum Gasteiger partial charge on any atom is -0.376 e. The molecule has 10 heteroatoms. The van der Waals surface area contributed by atoms with Crippen LogP contribution < -0.4 is 10.6 Å². The number of nitrogens with one attached hydrogen (secondary N) is 2. The molecule has 3 amide bonds. The van der Waals surface area contributed by atoms with Gasteiger partial charge in [-0.05, 0) is 63.6 Å². The lowest BCUT2D eigenvalue weighted by atomic mass is 9.76. The van der Waals surface area contributed by atoms with E-state index in [1.807, 2.05) is 9.47 Å². The van der Waals surface area contributed by atoms with Gasteiger partial charge in [-0.3, -0.25) is 14.4 Å². The van der Waals surface area contributed by atoms with Crippen molar-refractivity contribution in [1.29, 1.82) is 0 Å². The summed E-state index contributed by atoms with van der Waals surface area (Å²) in [5.74, 6) is 0.0959. The fourth-order valence-corrected chi connectivity index (χ4v) is 6.98. The van der Waals surface area contributed by atoms with Gasteiger partial charge in [0.1, 0.15) is 10.7 Å². The summed E-state index contributed by atoms with van der Waals surface area (Å²) < 4.78 is 8.09. The highest BCUT2D eigenvalue weighted by Crippen LogP contribution is 2.45. The first-order valence-corrected chi connectivity index (χ1v) is 13.0. The number of nitrogens with zero attached hydrogens (tertiary/aromatic N) is 2. The number of fused-ring (bicyclic) bond motifs is 3. The Morgan fingerprint density at radius 3 is 2.72 bits per heavy atom. The average Bonchev–Trinajstić information content (AvgIpc) is 3.45. The van der Waals surface area contributed by atoms with Crippen LogP contribution in [0.2, 0.25) is 0 Å². The number of likely N-dealkylation sites (tertiary alicyclic amines) is 1. The van der Waals surface area contributed by atoms with Crippen LogP contribution >= 0.6 is 23.6 Å².